The molecule has 0 amide bonds. The predicted molar refractivity (Wildman–Crippen MR) is 125 cm³/mol. The Morgan fingerprint density at radius 1 is 1.10 bits per heavy atom. The lowest BCUT2D eigenvalue weighted by Gasteiger charge is -2.32. The van der Waals surface area contributed by atoms with Crippen LogP contribution in [0.25, 0.3) is 21.3 Å². The molecule has 1 aromatic carbocycles. The van der Waals surface area contributed by atoms with Crippen LogP contribution in [0.2, 0.25) is 0 Å². The highest BCUT2D eigenvalue weighted by molar-refractivity contribution is 9.10. The number of rotatable bonds is 3. The summed E-state index contributed by atoms with van der Waals surface area (Å²) < 4.78 is 2.30. The van der Waals surface area contributed by atoms with Crippen LogP contribution in [0.4, 0.5) is 5.82 Å². The number of anilines is 1. The normalized spacial score (nSPS) is 15.1. The van der Waals surface area contributed by atoms with Gasteiger partial charge in [-0.3, -0.25) is 0 Å². The van der Waals surface area contributed by atoms with Crippen molar-refractivity contribution in [3.05, 3.63) is 38.4 Å². The summed E-state index contributed by atoms with van der Waals surface area (Å²) >= 11 is 5.42. The summed E-state index contributed by atoms with van der Waals surface area (Å²) in [5.74, 6) is 2.40. The Morgan fingerprint density at radius 3 is 2.38 bits per heavy atom. The van der Waals surface area contributed by atoms with Gasteiger partial charge >= 0.3 is 0 Å². The molecule has 4 nitrogen and oxygen atoms in total. The van der Waals surface area contributed by atoms with Crippen molar-refractivity contribution in [1.29, 1.82) is 5.26 Å². The maximum absolute atomic E-state index is 9.00. The van der Waals surface area contributed by atoms with E-state index < -0.39 is 0 Å². The average Bonchev–Trinajstić information content (AvgIpc) is 2.97. The zero-order chi connectivity index (χ0) is 20.7. The molecule has 6 heteroatoms. The Bertz CT molecular complexity index is 1100. The van der Waals surface area contributed by atoms with Gasteiger partial charge in [0.2, 0.25) is 0 Å². The summed E-state index contributed by atoms with van der Waals surface area (Å²) in [5, 5.41) is 9.00. The number of hydrogen-bond acceptors (Lipinski definition) is 5. The topological polar surface area (TPSA) is 52.8 Å². The van der Waals surface area contributed by atoms with Gasteiger partial charge in [0.05, 0.1) is 16.3 Å². The number of aryl methyl sites for hydroxylation is 4. The van der Waals surface area contributed by atoms with Crippen LogP contribution in [0.15, 0.2) is 16.6 Å². The number of thiophene rings is 1. The summed E-state index contributed by atoms with van der Waals surface area (Å²) in [6.45, 7) is 10.4. The van der Waals surface area contributed by atoms with Crippen LogP contribution in [0.5, 0.6) is 0 Å². The molecule has 0 radical (unpaired) electrons. The quantitative estimate of drug-likeness (QED) is 0.440. The minimum Gasteiger partial charge on any atom is -0.355 e. The van der Waals surface area contributed by atoms with Crippen LogP contribution in [0, 0.1) is 44.9 Å². The van der Waals surface area contributed by atoms with Crippen molar-refractivity contribution >= 4 is 43.3 Å². The third-order valence-corrected chi connectivity index (χ3v) is 7.39. The summed E-state index contributed by atoms with van der Waals surface area (Å²) in [4.78, 5) is 13.4. The Labute approximate surface area is 184 Å². The van der Waals surface area contributed by atoms with Crippen molar-refractivity contribution in [2.75, 3.05) is 18.0 Å². The number of piperidine rings is 1. The number of hydrogen-bond donors (Lipinski definition) is 0. The van der Waals surface area contributed by atoms with E-state index in [4.69, 9.17) is 15.2 Å². The zero-order valence-electron chi connectivity index (χ0n) is 17.3. The molecule has 1 fully saturated rings. The second-order valence-corrected chi connectivity index (χ2v) is 10.2. The van der Waals surface area contributed by atoms with Gasteiger partial charge in [-0.15, -0.1) is 11.3 Å². The molecule has 0 aliphatic carbocycles. The molecule has 1 saturated heterocycles. The molecular weight excluding hydrogens is 444 g/mol. The minimum atomic E-state index is 0.517. The lowest BCUT2D eigenvalue weighted by Crippen LogP contribution is -2.34. The van der Waals surface area contributed by atoms with Crippen LogP contribution in [-0.2, 0) is 0 Å². The number of halogens is 1. The van der Waals surface area contributed by atoms with Crippen molar-refractivity contribution in [3.63, 3.8) is 0 Å². The first-order valence-electron chi connectivity index (χ1n) is 10.1. The molecule has 0 unspecified atom stereocenters. The van der Waals surface area contributed by atoms with E-state index in [1.807, 2.05) is 6.92 Å². The number of nitrogens with zero attached hydrogens (tertiary/aromatic N) is 4. The van der Waals surface area contributed by atoms with Gasteiger partial charge in [0.25, 0.3) is 0 Å². The first kappa shape index (κ1) is 20.3. The van der Waals surface area contributed by atoms with Crippen molar-refractivity contribution < 1.29 is 0 Å². The minimum absolute atomic E-state index is 0.517. The maximum atomic E-state index is 9.00. The van der Waals surface area contributed by atoms with Gasteiger partial charge in [0.15, 0.2) is 0 Å². The fourth-order valence-electron chi connectivity index (χ4n) is 4.47. The van der Waals surface area contributed by atoms with Gasteiger partial charge in [-0.05, 0) is 75.3 Å². The van der Waals surface area contributed by atoms with Gasteiger partial charge in [-0.2, -0.15) is 5.26 Å². The molecule has 0 atom stereocenters. The molecule has 0 spiro atoms. The summed E-state index contributed by atoms with van der Waals surface area (Å²) in [5.41, 5.74) is 6.12. The fourth-order valence-corrected chi connectivity index (χ4v) is 6.28. The second-order valence-electron chi connectivity index (χ2n) is 8.01. The van der Waals surface area contributed by atoms with Crippen molar-refractivity contribution in [2.45, 2.75) is 47.0 Å². The number of fused-ring (bicyclic) bond motifs is 1. The summed E-state index contributed by atoms with van der Waals surface area (Å²) in [6, 6.07) is 6.69. The third-order valence-electron chi connectivity index (χ3n) is 5.84. The smallest absolute Gasteiger partial charge is 0.150 e. The van der Waals surface area contributed by atoms with E-state index in [-0.39, 0.29) is 0 Å². The summed E-state index contributed by atoms with van der Waals surface area (Å²) in [7, 11) is 0. The summed E-state index contributed by atoms with van der Waals surface area (Å²) in [6.07, 6.45) is 2.77. The van der Waals surface area contributed by atoms with E-state index in [0.717, 1.165) is 47.6 Å². The van der Waals surface area contributed by atoms with Crippen LogP contribution < -0.4 is 4.90 Å². The lowest BCUT2D eigenvalue weighted by atomic mass is 9.94. The molecule has 150 valence electrons. The molecule has 0 N–H and O–H groups in total. The van der Waals surface area contributed by atoms with Crippen LogP contribution in [0.1, 0.15) is 41.1 Å². The van der Waals surface area contributed by atoms with E-state index in [1.165, 1.54) is 31.8 Å². The maximum Gasteiger partial charge on any atom is 0.150 e. The molecule has 3 aromatic rings. The van der Waals surface area contributed by atoms with Crippen molar-refractivity contribution in [3.8, 4) is 17.2 Å². The molecule has 0 bridgehead atoms. The highest BCUT2D eigenvalue weighted by Crippen LogP contribution is 2.44. The van der Waals surface area contributed by atoms with E-state index in [9.17, 15) is 0 Å². The van der Waals surface area contributed by atoms with E-state index >= 15 is 0 Å². The molecule has 2 aromatic heterocycles. The monoisotopic (exact) mass is 468 g/mol. The third kappa shape index (κ3) is 3.78. The average molecular weight is 469 g/mol. The zero-order valence-corrected chi connectivity index (χ0v) is 19.7. The highest BCUT2D eigenvalue weighted by Gasteiger charge is 2.25. The largest absolute Gasteiger partial charge is 0.355 e. The number of nitriles is 1. The van der Waals surface area contributed by atoms with Crippen molar-refractivity contribution in [1.82, 2.24) is 9.97 Å². The molecule has 0 saturated carbocycles. The molecule has 29 heavy (non-hydrogen) atoms. The van der Waals surface area contributed by atoms with Gasteiger partial charge in [0.1, 0.15) is 11.6 Å². The molecule has 4 rings (SSSR count). The van der Waals surface area contributed by atoms with Gasteiger partial charge in [0, 0.05) is 34.4 Å². The molecule has 1 aliphatic heterocycles. The van der Waals surface area contributed by atoms with Gasteiger partial charge in [-0.1, -0.05) is 15.9 Å². The van der Waals surface area contributed by atoms with Crippen molar-refractivity contribution in [2.24, 2.45) is 5.92 Å². The molecule has 3 heterocycles. The van der Waals surface area contributed by atoms with E-state index in [2.05, 4.69) is 59.8 Å². The van der Waals surface area contributed by atoms with Gasteiger partial charge in [-0.25, -0.2) is 9.97 Å². The highest BCUT2D eigenvalue weighted by atomic mass is 79.9. The SMILES string of the molecule is Cc1nc(N2CCC(CC#N)CC2)c2sc(C)c(-c3c(C)cc(Br)cc3C)c2n1. The second kappa shape index (κ2) is 8.04. The van der Waals surface area contributed by atoms with E-state index in [1.54, 1.807) is 11.3 Å². The Morgan fingerprint density at radius 2 is 1.76 bits per heavy atom. The predicted octanol–water partition coefficient (Wildman–Crippen LogP) is 6.48. The van der Waals surface area contributed by atoms with Crippen LogP contribution in [0.3, 0.4) is 0 Å². The first-order chi connectivity index (χ1) is 13.9. The Hall–Kier alpha value is -1.97. The fraction of sp³-hybridized carbons (Fsp3) is 0.435. The number of aromatic nitrogens is 2. The lowest BCUT2D eigenvalue weighted by molar-refractivity contribution is 0.411. The Kier molecular flexibility index (Phi) is 5.63. The van der Waals surface area contributed by atoms with E-state index in [0.29, 0.717) is 12.3 Å². The van der Waals surface area contributed by atoms with Crippen LogP contribution >= 0.6 is 27.3 Å². The standard InChI is InChI=1S/C23H25BrN4S/c1-13-11-18(24)12-14(2)19(13)20-15(3)29-22-21(20)26-16(4)27-23(22)28-9-6-17(5-8-25)7-10-28/h11-12,17H,5-7,9-10H2,1-4H3. The Balaban J connectivity index is 1.83. The molecular formula is C23H25BrN4S. The van der Waals surface area contributed by atoms with Crippen LogP contribution in [-0.4, -0.2) is 23.1 Å². The number of benzene rings is 1. The molecule has 1 aliphatic rings. The first-order valence-corrected chi connectivity index (χ1v) is 11.7. The van der Waals surface area contributed by atoms with Gasteiger partial charge < -0.3 is 4.90 Å².